The van der Waals surface area contributed by atoms with Gasteiger partial charge in [-0.3, -0.25) is 15.0 Å². The number of nitrogens with zero attached hydrogens (tertiary/aromatic N) is 6. The molecule has 3 aliphatic heterocycles. The van der Waals surface area contributed by atoms with E-state index >= 15 is 0 Å². The summed E-state index contributed by atoms with van der Waals surface area (Å²) < 4.78 is 6.18. The fraction of sp³-hybridized carbons (Fsp3) is 0.368. The number of likely N-dealkylation sites (tertiary alicyclic amines) is 1. The molecule has 7 heteroatoms. The first kappa shape index (κ1) is 30.5. The third kappa shape index (κ3) is 7.08. The van der Waals surface area contributed by atoms with Gasteiger partial charge in [0.2, 0.25) is 0 Å². The normalized spacial score (nSPS) is 19.3. The summed E-state index contributed by atoms with van der Waals surface area (Å²) in [5.41, 5.74) is 10.5. The molecule has 0 amide bonds. The number of benzene rings is 2. The molecule has 2 aromatic carbocycles. The number of allylic oxidation sites excluding steroid dienone is 3. The number of aliphatic imine (C=N–C) groups is 1. The van der Waals surface area contributed by atoms with E-state index in [2.05, 4.69) is 80.2 Å². The minimum absolute atomic E-state index is 0.239. The summed E-state index contributed by atoms with van der Waals surface area (Å²) in [7, 11) is 2.19. The number of fused-ring (bicyclic) bond motifs is 1. The predicted molar refractivity (Wildman–Crippen MR) is 182 cm³/mol. The summed E-state index contributed by atoms with van der Waals surface area (Å²) in [5, 5.41) is 16.5. The molecule has 0 radical (unpaired) electrons. The molecule has 1 fully saturated rings. The van der Waals surface area contributed by atoms with Crippen molar-refractivity contribution in [2.75, 3.05) is 26.7 Å². The third-order valence-electron chi connectivity index (χ3n) is 9.14. The molecule has 1 atom stereocenters. The van der Waals surface area contributed by atoms with Crippen LogP contribution in [-0.2, 0) is 6.54 Å². The van der Waals surface area contributed by atoms with Crippen LogP contribution >= 0.6 is 0 Å². The van der Waals surface area contributed by atoms with Gasteiger partial charge < -0.3 is 9.64 Å². The Kier molecular flexibility index (Phi) is 9.23. The van der Waals surface area contributed by atoms with Crippen LogP contribution < -0.4 is 4.74 Å². The van der Waals surface area contributed by atoms with E-state index in [4.69, 9.17) is 19.8 Å². The zero-order valence-corrected chi connectivity index (χ0v) is 26.8. The Morgan fingerprint density at radius 2 is 1.82 bits per heavy atom. The van der Waals surface area contributed by atoms with Crippen LogP contribution in [-0.4, -0.2) is 53.6 Å². The summed E-state index contributed by atoms with van der Waals surface area (Å²) >= 11 is 0. The van der Waals surface area contributed by atoms with Gasteiger partial charge in [0, 0.05) is 23.9 Å². The summed E-state index contributed by atoms with van der Waals surface area (Å²) in [6.07, 6.45) is 9.81. The van der Waals surface area contributed by atoms with Crippen molar-refractivity contribution in [2.45, 2.75) is 53.0 Å². The van der Waals surface area contributed by atoms with E-state index in [1.807, 2.05) is 36.8 Å². The van der Waals surface area contributed by atoms with Gasteiger partial charge in [-0.15, -0.1) is 0 Å². The second-order valence-electron chi connectivity index (χ2n) is 12.8. The van der Waals surface area contributed by atoms with Crippen LogP contribution in [0.15, 0.2) is 88.4 Å². The van der Waals surface area contributed by atoms with Gasteiger partial charge in [-0.25, -0.2) is 0 Å². The van der Waals surface area contributed by atoms with Crippen LogP contribution in [0.25, 0.3) is 16.8 Å². The highest BCUT2D eigenvalue weighted by Crippen LogP contribution is 2.34. The molecule has 6 rings (SSSR count). The molecule has 1 aromatic heterocycles. The lowest BCUT2D eigenvalue weighted by Gasteiger charge is -2.28. The standard InChI is InChI=1S/C38H42N6O/c1-26-11-14-42-44(38-28(3)17-34(22-40-37(26)38)32-9-5-7-30(19-32)21-39)24-31-8-6-10-33(20-31)36-27(2)18-35(23-41-36)45-25-29-12-15-43(4)16-13-29/h5-10,14,18-20,22-23,26,29H,11-13,15-17,24-25H2,1-4H3. The van der Waals surface area contributed by atoms with E-state index in [1.165, 1.54) is 18.4 Å². The topological polar surface area (TPSA) is 77.1 Å². The number of hydrogen-bond donors (Lipinski definition) is 0. The van der Waals surface area contributed by atoms with Crippen molar-refractivity contribution in [2.24, 2.45) is 21.9 Å². The van der Waals surface area contributed by atoms with Crippen molar-refractivity contribution >= 4 is 17.5 Å². The average Bonchev–Trinajstić information content (AvgIpc) is 3.32. The van der Waals surface area contributed by atoms with E-state index in [-0.39, 0.29) is 5.92 Å². The molecule has 3 aliphatic rings. The van der Waals surface area contributed by atoms with E-state index in [0.29, 0.717) is 18.0 Å². The second-order valence-corrected chi connectivity index (χ2v) is 12.8. The van der Waals surface area contributed by atoms with Gasteiger partial charge in [0.05, 0.1) is 48.1 Å². The monoisotopic (exact) mass is 598 g/mol. The average molecular weight is 599 g/mol. The lowest BCUT2D eigenvalue weighted by molar-refractivity contribution is 0.160. The Morgan fingerprint density at radius 3 is 2.62 bits per heavy atom. The van der Waals surface area contributed by atoms with Crippen molar-refractivity contribution in [1.29, 1.82) is 5.26 Å². The molecule has 230 valence electrons. The molecule has 0 saturated carbocycles. The number of piperidine rings is 1. The SMILES string of the molecule is CC1=C2C(=NC=C(c3cccc(C#N)c3)C1)C(C)CC=NN2Cc1cccc(-c2ncc(OCC3CCN(C)CC3)cc2C)c1. The number of hydrazone groups is 1. The Labute approximate surface area is 267 Å². The fourth-order valence-corrected chi connectivity index (χ4v) is 6.48. The minimum atomic E-state index is 0.239. The highest BCUT2D eigenvalue weighted by Gasteiger charge is 2.27. The van der Waals surface area contributed by atoms with Crippen LogP contribution in [0.4, 0.5) is 0 Å². The number of ether oxygens (including phenoxy) is 1. The maximum absolute atomic E-state index is 9.43. The Hall–Kier alpha value is -4.54. The van der Waals surface area contributed by atoms with Crippen LogP contribution in [0.3, 0.4) is 0 Å². The van der Waals surface area contributed by atoms with Gasteiger partial charge in [-0.2, -0.15) is 10.4 Å². The van der Waals surface area contributed by atoms with Crippen LogP contribution in [0.1, 0.15) is 61.8 Å². The number of nitriles is 1. The fourth-order valence-electron chi connectivity index (χ4n) is 6.48. The van der Waals surface area contributed by atoms with Gasteiger partial charge >= 0.3 is 0 Å². The van der Waals surface area contributed by atoms with Crippen molar-refractivity contribution in [3.05, 3.63) is 101 Å². The van der Waals surface area contributed by atoms with E-state index in [0.717, 1.165) is 83.2 Å². The molecule has 1 saturated heterocycles. The predicted octanol–water partition coefficient (Wildman–Crippen LogP) is 7.64. The Balaban J connectivity index is 1.21. The van der Waals surface area contributed by atoms with Gasteiger partial charge in [0.15, 0.2) is 0 Å². The zero-order valence-electron chi connectivity index (χ0n) is 26.8. The van der Waals surface area contributed by atoms with Crippen LogP contribution in [0.5, 0.6) is 5.75 Å². The zero-order chi connectivity index (χ0) is 31.3. The van der Waals surface area contributed by atoms with Crippen LogP contribution in [0, 0.1) is 30.1 Å². The summed E-state index contributed by atoms with van der Waals surface area (Å²) in [4.78, 5) is 12.3. The van der Waals surface area contributed by atoms with E-state index < -0.39 is 0 Å². The molecular weight excluding hydrogens is 556 g/mol. The first-order chi connectivity index (χ1) is 21.9. The first-order valence-corrected chi connectivity index (χ1v) is 16.0. The number of rotatable bonds is 7. The second kappa shape index (κ2) is 13.6. The molecule has 7 nitrogen and oxygen atoms in total. The Bertz CT molecular complexity index is 1720. The first-order valence-electron chi connectivity index (χ1n) is 16.0. The quantitative estimate of drug-likeness (QED) is 0.279. The molecule has 1 unspecified atom stereocenters. The molecule has 3 aromatic rings. The van der Waals surface area contributed by atoms with Crippen molar-refractivity contribution in [3.8, 4) is 23.1 Å². The lowest BCUT2D eigenvalue weighted by atomic mass is 9.94. The van der Waals surface area contributed by atoms with Gasteiger partial charge in [-0.1, -0.05) is 37.3 Å². The molecule has 0 bridgehead atoms. The summed E-state index contributed by atoms with van der Waals surface area (Å²) in [5.74, 6) is 1.69. The molecule has 0 spiro atoms. The maximum atomic E-state index is 9.43. The summed E-state index contributed by atoms with van der Waals surface area (Å²) in [6.45, 7) is 10.2. The number of hydrogen-bond acceptors (Lipinski definition) is 7. The molecule has 0 N–H and O–H groups in total. The molecule has 0 aliphatic carbocycles. The highest BCUT2D eigenvalue weighted by atomic mass is 16.5. The third-order valence-corrected chi connectivity index (χ3v) is 9.14. The maximum Gasteiger partial charge on any atom is 0.137 e. The molecular formula is C38H42N6O. The largest absolute Gasteiger partial charge is 0.492 e. The van der Waals surface area contributed by atoms with Gasteiger partial charge in [-0.05, 0) is 118 Å². The van der Waals surface area contributed by atoms with E-state index in [9.17, 15) is 5.26 Å². The Morgan fingerprint density at radius 1 is 1.02 bits per heavy atom. The number of aromatic nitrogens is 1. The van der Waals surface area contributed by atoms with E-state index in [1.54, 1.807) is 0 Å². The van der Waals surface area contributed by atoms with Gasteiger partial charge in [0.1, 0.15) is 5.75 Å². The van der Waals surface area contributed by atoms with Gasteiger partial charge in [0.25, 0.3) is 0 Å². The smallest absolute Gasteiger partial charge is 0.137 e. The van der Waals surface area contributed by atoms with Crippen molar-refractivity contribution in [1.82, 2.24) is 14.9 Å². The van der Waals surface area contributed by atoms with Crippen molar-refractivity contribution < 1.29 is 4.74 Å². The molecule has 45 heavy (non-hydrogen) atoms. The number of pyridine rings is 1. The lowest BCUT2D eigenvalue weighted by Crippen LogP contribution is -2.32. The highest BCUT2D eigenvalue weighted by molar-refractivity contribution is 6.04. The summed E-state index contributed by atoms with van der Waals surface area (Å²) in [6, 6.07) is 20.8. The molecule has 4 heterocycles. The minimum Gasteiger partial charge on any atom is -0.492 e. The van der Waals surface area contributed by atoms with Crippen molar-refractivity contribution in [3.63, 3.8) is 0 Å². The number of aryl methyl sites for hydroxylation is 1. The van der Waals surface area contributed by atoms with Crippen LogP contribution in [0.2, 0.25) is 0 Å².